The standard InChI is InChI=1S/C36H54B16F4N4O2S/c1-32(45,46)59(33(2,47)48)11-10-58(30(62)35(51,52)60-16-5-3-4-15(16)29(61)57-31(60)63-12-13-6-8-14(53)9-7-13)34(49,50)19-25(41)21(37)17(22(38)26(19)42)18-23(39)27(43)20(36(54,55)56)28(44)24(18)40/h6-9H,3-5,10-12,37-52H2,1-2H3. The van der Waals surface area contributed by atoms with Crippen molar-refractivity contribution in [3.05, 3.63) is 68.4 Å². The van der Waals surface area contributed by atoms with E-state index in [2.05, 4.69) is 102 Å². The summed E-state index contributed by atoms with van der Waals surface area (Å²) in [5.74, 6) is -0.0304. The normalized spacial score (nSPS) is 13.6. The topological polar surface area (TPSA) is 58.4 Å². The predicted molar refractivity (Wildman–Crippen MR) is 302 cm³/mol. The summed E-state index contributed by atoms with van der Waals surface area (Å²) in [7, 11) is 31.8. The first-order chi connectivity index (χ1) is 28.8. The van der Waals surface area contributed by atoms with E-state index in [0.717, 1.165) is 56.2 Å². The van der Waals surface area contributed by atoms with Crippen LogP contribution in [0, 0.1) is 5.82 Å². The SMILES string of the molecule is Bc1c(B)c(C(F)(F)F)c(B)c(B)c1-c1c(B)c(B)c(C(B)(B)N(CCN(C(B)(B)C)C(B)(B)C)C(=O)C(B)(B)n2c(SCc3ccc(F)cc3)nc(=O)c3c2CCC3)c(B)c1B. The van der Waals surface area contributed by atoms with Crippen LogP contribution in [-0.2, 0) is 40.2 Å². The lowest BCUT2D eigenvalue weighted by molar-refractivity contribution is -0.137. The molecule has 0 radical (unpaired) electrons. The van der Waals surface area contributed by atoms with Gasteiger partial charge < -0.3 is 14.4 Å². The number of hydrogen-bond donors (Lipinski definition) is 0. The zero-order valence-corrected chi connectivity index (χ0v) is 41.9. The molecule has 0 saturated heterocycles. The van der Waals surface area contributed by atoms with E-state index in [1.807, 2.05) is 25.2 Å². The summed E-state index contributed by atoms with van der Waals surface area (Å²) in [5, 5.41) is -2.11. The lowest BCUT2D eigenvalue weighted by atomic mass is 9.48. The van der Waals surface area contributed by atoms with Crippen LogP contribution in [0.15, 0.2) is 34.2 Å². The summed E-state index contributed by atoms with van der Waals surface area (Å²) in [6.07, 6.45) is -2.46. The van der Waals surface area contributed by atoms with E-state index in [1.165, 1.54) is 23.9 Å². The van der Waals surface area contributed by atoms with Crippen molar-refractivity contribution in [2.75, 3.05) is 13.1 Å². The van der Waals surface area contributed by atoms with E-state index in [9.17, 15) is 22.4 Å². The molecular weight excluding hydrogens is 801 g/mol. The molecule has 1 aromatic heterocycles. The van der Waals surface area contributed by atoms with Gasteiger partial charge in [0.15, 0.2) is 5.16 Å². The molecule has 4 aromatic rings. The largest absolute Gasteiger partial charge is 0.415 e. The van der Waals surface area contributed by atoms with Crippen LogP contribution in [0.1, 0.15) is 48.2 Å². The fourth-order valence-electron chi connectivity index (χ4n) is 10.7. The molecule has 27 heteroatoms. The number of rotatable bonds is 13. The highest BCUT2D eigenvalue weighted by molar-refractivity contribution is 7.98. The number of aromatic nitrogens is 2. The molecule has 6 nitrogen and oxygen atoms in total. The van der Waals surface area contributed by atoms with Gasteiger partial charge in [0.25, 0.3) is 5.56 Å². The molecular formula is C36H54B16F4N4O2S. The lowest BCUT2D eigenvalue weighted by Gasteiger charge is -2.51. The van der Waals surface area contributed by atoms with Gasteiger partial charge in [-0.3, -0.25) is 9.59 Å². The fraction of sp³-hybridized carbons (Fsp3) is 0.361. The minimum absolute atomic E-state index is 0.127. The molecule has 0 N–H and O–H groups in total. The zero-order chi connectivity index (χ0) is 47.7. The van der Waals surface area contributed by atoms with E-state index in [1.54, 1.807) is 43.5 Å². The Labute approximate surface area is 390 Å². The highest BCUT2D eigenvalue weighted by atomic mass is 32.2. The van der Waals surface area contributed by atoms with Gasteiger partial charge in [0.1, 0.15) is 131 Å². The number of amides is 1. The summed E-state index contributed by atoms with van der Waals surface area (Å²) < 4.78 is 59.1. The molecule has 0 atom stereocenters. The number of fused-ring (bicyclic) bond motifs is 1. The number of hydrogen-bond acceptors (Lipinski definition) is 5. The van der Waals surface area contributed by atoms with Crippen molar-refractivity contribution in [1.29, 1.82) is 0 Å². The number of benzene rings is 3. The van der Waals surface area contributed by atoms with Crippen molar-refractivity contribution < 1.29 is 22.4 Å². The van der Waals surface area contributed by atoms with E-state index in [-0.39, 0.29) is 38.9 Å². The number of alkyl halides is 3. The number of carbonyl (C=O) groups is 1. The first-order valence-corrected chi connectivity index (χ1v) is 23.2. The quantitative estimate of drug-likeness (QED) is 0.0580. The third-order valence-electron chi connectivity index (χ3n) is 14.0. The van der Waals surface area contributed by atoms with E-state index < -0.39 is 22.4 Å². The highest BCUT2D eigenvalue weighted by Gasteiger charge is 2.45. The zero-order valence-electron chi connectivity index (χ0n) is 41.1. The van der Waals surface area contributed by atoms with Gasteiger partial charge in [0.05, 0.1) is 5.34 Å². The summed E-state index contributed by atoms with van der Waals surface area (Å²) >= 11 is 1.37. The number of halogens is 4. The molecule has 0 spiro atoms. The maximum atomic E-state index is 16.0. The maximum absolute atomic E-state index is 16.0. The van der Waals surface area contributed by atoms with Crippen molar-refractivity contribution in [1.82, 2.24) is 19.4 Å². The second kappa shape index (κ2) is 18.0. The number of nitrogens with zero attached hydrogens (tertiary/aromatic N) is 4. The molecule has 0 saturated carbocycles. The van der Waals surface area contributed by atoms with Crippen molar-refractivity contribution >= 4 is 187 Å². The maximum Gasteiger partial charge on any atom is 0.415 e. The van der Waals surface area contributed by atoms with Crippen LogP contribution >= 0.6 is 11.8 Å². The van der Waals surface area contributed by atoms with E-state index in [0.29, 0.717) is 53.3 Å². The minimum Gasteiger partial charge on any atom is -0.347 e. The van der Waals surface area contributed by atoms with Crippen molar-refractivity contribution in [3.63, 3.8) is 0 Å². The lowest BCUT2D eigenvalue weighted by Crippen LogP contribution is -2.67. The van der Waals surface area contributed by atoms with Gasteiger partial charge in [-0.2, -0.15) is 18.2 Å². The molecule has 0 bridgehead atoms. The fourth-order valence-corrected chi connectivity index (χ4v) is 11.8. The Morgan fingerprint density at radius 1 is 0.714 bits per heavy atom. The Hall–Kier alpha value is -2.92. The van der Waals surface area contributed by atoms with Crippen LogP contribution in [0.5, 0.6) is 0 Å². The summed E-state index contributed by atoms with van der Waals surface area (Å²) in [6, 6.07) is 6.27. The molecule has 0 unspecified atom stereocenters. The Morgan fingerprint density at radius 2 is 1.17 bits per heavy atom. The Morgan fingerprint density at radius 3 is 1.62 bits per heavy atom. The average Bonchev–Trinajstić information content (AvgIpc) is 3.64. The number of carbonyl (C=O) groups excluding carboxylic acids is 1. The molecule has 1 aliphatic carbocycles. The van der Waals surface area contributed by atoms with E-state index >= 15 is 4.79 Å². The van der Waals surface area contributed by atoms with Crippen LogP contribution in [0.25, 0.3) is 11.1 Å². The molecule has 5 rings (SSSR count). The molecule has 1 heterocycles. The molecule has 0 fully saturated rings. The van der Waals surface area contributed by atoms with E-state index in [4.69, 9.17) is 0 Å². The van der Waals surface area contributed by atoms with Crippen LogP contribution in [0.2, 0.25) is 0 Å². The van der Waals surface area contributed by atoms with Gasteiger partial charge in [0.2, 0.25) is 5.91 Å². The molecule has 1 amide bonds. The number of thioether (sulfide) groups is 1. The summed E-state index contributed by atoms with van der Waals surface area (Å²) in [6.45, 7) is 5.33. The molecule has 312 valence electrons. The molecule has 63 heavy (non-hydrogen) atoms. The third kappa shape index (κ3) is 9.67. The van der Waals surface area contributed by atoms with Crippen molar-refractivity contribution in [2.24, 2.45) is 0 Å². The van der Waals surface area contributed by atoms with Gasteiger partial charge in [-0.1, -0.05) is 87.0 Å². The first-order valence-electron chi connectivity index (χ1n) is 22.2. The van der Waals surface area contributed by atoms with Crippen molar-refractivity contribution in [2.45, 2.75) is 71.5 Å². The van der Waals surface area contributed by atoms with Gasteiger partial charge >= 0.3 is 6.18 Å². The summed E-state index contributed by atoms with van der Waals surface area (Å²) in [5.41, 5.74) is 9.83. The van der Waals surface area contributed by atoms with Gasteiger partial charge in [-0.25, -0.2) is 4.39 Å². The van der Waals surface area contributed by atoms with Crippen molar-refractivity contribution in [3.8, 4) is 11.1 Å². The van der Waals surface area contributed by atoms with Gasteiger partial charge in [0, 0.05) is 41.0 Å². The molecule has 0 aliphatic heterocycles. The Kier molecular flexibility index (Phi) is 14.6. The monoisotopic (exact) mass is 859 g/mol. The second-order valence-corrected chi connectivity index (χ2v) is 21.7. The van der Waals surface area contributed by atoms with Crippen LogP contribution < -0.4 is 49.3 Å². The van der Waals surface area contributed by atoms with Crippen LogP contribution in [0.3, 0.4) is 0 Å². The van der Waals surface area contributed by atoms with Gasteiger partial charge in [-0.15, -0.1) is 0 Å². The first kappa shape index (κ1) is 51.1. The minimum atomic E-state index is -4.47. The van der Waals surface area contributed by atoms with Crippen LogP contribution in [0.4, 0.5) is 17.6 Å². The third-order valence-corrected chi connectivity index (χ3v) is 15.0. The summed E-state index contributed by atoms with van der Waals surface area (Å²) in [4.78, 5) is 38.7. The van der Waals surface area contributed by atoms with Gasteiger partial charge in [-0.05, 0) is 58.8 Å². The molecule has 3 aromatic carbocycles. The van der Waals surface area contributed by atoms with Crippen LogP contribution in [-0.4, -0.2) is 175 Å². The second-order valence-electron chi connectivity index (χ2n) is 20.8. The molecule has 1 aliphatic rings. The Balaban J connectivity index is 1.75. The highest BCUT2D eigenvalue weighted by Crippen LogP contribution is 2.33. The predicted octanol–water partition coefficient (Wildman–Crippen LogP) is -15.1. The Bertz CT molecular complexity index is 2460. The smallest absolute Gasteiger partial charge is 0.347 e. The average molecular weight is 856 g/mol.